The molecule has 106 valence electrons. The smallest absolute Gasteiger partial charge is 0.156 e. The van der Waals surface area contributed by atoms with Crippen LogP contribution in [0.2, 0.25) is 0 Å². The van der Waals surface area contributed by atoms with Gasteiger partial charge >= 0.3 is 0 Å². The van der Waals surface area contributed by atoms with E-state index in [2.05, 4.69) is 33.7 Å². The zero-order chi connectivity index (χ0) is 14.1. The maximum absolute atomic E-state index is 4.74. The molecule has 5 nitrogen and oxygen atoms in total. The molecule has 2 aromatic rings. The van der Waals surface area contributed by atoms with Crippen molar-refractivity contribution in [2.45, 2.75) is 45.7 Å². The number of hydrogen-bond acceptors (Lipinski definition) is 4. The Morgan fingerprint density at radius 1 is 1.35 bits per heavy atom. The third kappa shape index (κ3) is 2.45. The lowest BCUT2D eigenvalue weighted by Gasteiger charge is -2.27. The number of aryl methyl sites for hydroxylation is 1. The first-order valence-electron chi connectivity index (χ1n) is 7.26. The number of nitrogens with one attached hydrogen (secondary N) is 1. The van der Waals surface area contributed by atoms with Crippen LogP contribution >= 0.6 is 0 Å². The number of likely N-dealkylation sites (tertiary alicyclic amines) is 1. The Morgan fingerprint density at radius 3 is 2.90 bits per heavy atom. The molecular formula is C15H21N5. The fraction of sp³-hybridized carbons (Fsp3) is 0.533. The third-order valence-electron chi connectivity index (χ3n) is 3.87. The summed E-state index contributed by atoms with van der Waals surface area (Å²) in [4.78, 5) is 19.3. The molecule has 1 aliphatic heterocycles. The Hall–Kier alpha value is -1.75. The van der Waals surface area contributed by atoms with Crippen LogP contribution in [0.1, 0.15) is 44.2 Å². The van der Waals surface area contributed by atoms with Gasteiger partial charge in [0.05, 0.1) is 6.04 Å². The number of H-pyrrole nitrogens is 1. The van der Waals surface area contributed by atoms with E-state index in [1.165, 1.54) is 6.42 Å². The third-order valence-corrected chi connectivity index (χ3v) is 3.87. The molecule has 1 saturated heterocycles. The van der Waals surface area contributed by atoms with E-state index in [0.717, 1.165) is 36.0 Å². The number of hydrogen-bond donors (Lipinski definition) is 1. The number of aromatic amines is 1. The van der Waals surface area contributed by atoms with Crippen LogP contribution in [0.15, 0.2) is 18.5 Å². The summed E-state index contributed by atoms with van der Waals surface area (Å²) < 4.78 is 0. The van der Waals surface area contributed by atoms with Crippen molar-refractivity contribution in [2.75, 3.05) is 6.54 Å². The molecule has 1 fully saturated rings. The van der Waals surface area contributed by atoms with Crippen molar-refractivity contribution in [3.05, 3.63) is 30.0 Å². The molecule has 0 saturated carbocycles. The first kappa shape index (κ1) is 13.2. The Labute approximate surface area is 119 Å². The lowest BCUT2D eigenvalue weighted by Crippen LogP contribution is -2.31. The molecule has 0 aliphatic carbocycles. The summed E-state index contributed by atoms with van der Waals surface area (Å²) in [6.07, 6.45) is 5.93. The molecule has 1 N–H and O–H groups in total. The predicted molar refractivity (Wildman–Crippen MR) is 78.2 cm³/mol. The van der Waals surface area contributed by atoms with Crippen molar-refractivity contribution in [3.8, 4) is 11.5 Å². The molecule has 0 radical (unpaired) electrons. The summed E-state index contributed by atoms with van der Waals surface area (Å²) in [7, 11) is 0. The number of nitrogens with zero attached hydrogens (tertiary/aromatic N) is 4. The zero-order valence-corrected chi connectivity index (χ0v) is 12.3. The summed E-state index contributed by atoms with van der Waals surface area (Å²) in [5, 5.41) is 0. The minimum absolute atomic E-state index is 0.337. The number of aromatic nitrogens is 4. The Bertz CT molecular complexity index is 576. The fourth-order valence-corrected chi connectivity index (χ4v) is 2.95. The van der Waals surface area contributed by atoms with Crippen LogP contribution in [-0.4, -0.2) is 37.4 Å². The monoisotopic (exact) mass is 271 g/mol. The van der Waals surface area contributed by atoms with Gasteiger partial charge in [0.15, 0.2) is 5.82 Å². The van der Waals surface area contributed by atoms with Gasteiger partial charge in [0, 0.05) is 24.1 Å². The highest BCUT2D eigenvalue weighted by Crippen LogP contribution is 2.32. The molecule has 5 heteroatoms. The Morgan fingerprint density at radius 2 is 2.20 bits per heavy atom. The molecule has 0 bridgehead atoms. The van der Waals surface area contributed by atoms with Crippen molar-refractivity contribution < 1.29 is 0 Å². The maximum Gasteiger partial charge on any atom is 0.156 e. The van der Waals surface area contributed by atoms with Crippen molar-refractivity contribution in [1.82, 2.24) is 24.8 Å². The van der Waals surface area contributed by atoms with Gasteiger partial charge in [0.1, 0.15) is 11.5 Å². The van der Waals surface area contributed by atoms with Crippen molar-refractivity contribution in [2.24, 2.45) is 0 Å². The molecule has 3 heterocycles. The minimum atomic E-state index is 0.337. The molecule has 3 rings (SSSR count). The fourth-order valence-electron chi connectivity index (χ4n) is 2.95. The highest BCUT2D eigenvalue weighted by Gasteiger charge is 2.30. The molecule has 0 aromatic carbocycles. The zero-order valence-electron chi connectivity index (χ0n) is 12.3. The maximum atomic E-state index is 4.74. The van der Waals surface area contributed by atoms with E-state index in [9.17, 15) is 0 Å². The van der Waals surface area contributed by atoms with E-state index in [1.54, 1.807) is 6.20 Å². The van der Waals surface area contributed by atoms with Gasteiger partial charge in [-0.1, -0.05) is 0 Å². The first-order valence-corrected chi connectivity index (χ1v) is 7.26. The summed E-state index contributed by atoms with van der Waals surface area (Å²) in [5.74, 6) is 1.74. The highest BCUT2D eigenvalue weighted by atomic mass is 15.2. The average Bonchev–Trinajstić information content (AvgIpc) is 3.09. The Balaban J connectivity index is 1.98. The van der Waals surface area contributed by atoms with Gasteiger partial charge in [-0.25, -0.2) is 15.0 Å². The van der Waals surface area contributed by atoms with Crippen LogP contribution in [0.25, 0.3) is 11.5 Å². The molecule has 0 spiro atoms. The van der Waals surface area contributed by atoms with Gasteiger partial charge in [0.25, 0.3) is 0 Å². The van der Waals surface area contributed by atoms with Gasteiger partial charge in [0.2, 0.25) is 0 Å². The molecule has 0 amide bonds. The lowest BCUT2D eigenvalue weighted by atomic mass is 10.1. The summed E-state index contributed by atoms with van der Waals surface area (Å²) in [5.41, 5.74) is 1.88. The van der Waals surface area contributed by atoms with Crippen LogP contribution < -0.4 is 0 Å². The van der Waals surface area contributed by atoms with E-state index in [4.69, 9.17) is 4.98 Å². The van der Waals surface area contributed by atoms with E-state index in [0.29, 0.717) is 12.1 Å². The van der Waals surface area contributed by atoms with Gasteiger partial charge in [-0.05, 0) is 46.2 Å². The van der Waals surface area contributed by atoms with Gasteiger partial charge in [-0.2, -0.15) is 0 Å². The largest absolute Gasteiger partial charge is 0.343 e. The summed E-state index contributed by atoms with van der Waals surface area (Å²) in [6.45, 7) is 7.63. The van der Waals surface area contributed by atoms with Crippen LogP contribution in [0, 0.1) is 6.92 Å². The average molecular weight is 271 g/mol. The van der Waals surface area contributed by atoms with Crippen molar-refractivity contribution in [1.29, 1.82) is 0 Å². The quantitative estimate of drug-likeness (QED) is 0.932. The highest BCUT2D eigenvalue weighted by molar-refractivity contribution is 5.49. The topological polar surface area (TPSA) is 57.7 Å². The molecule has 1 unspecified atom stereocenters. The minimum Gasteiger partial charge on any atom is -0.343 e. The normalized spacial score (nSPS) is 19.9. The second-order valence-corrected chi connectivity index (χ2v) is 5.68. The van der Waals surface area contributed by atoms with E-state index < -0.39 is 0 Å². The molecule has 1 aliphatic rings. The van der Waals surface area contributed by atoms with E-state index >= 15 is 0 Å². The van der Waals surface area contributed by atoms with Gasteiger partial charge in [-0.3, -0.25) is 4.90 Å². The predicted octanol–water partition coefficient (Wildman–Crippen LogP) is 2.72. The van der Waals surface area contributed by atoms with E-state index in [-0.39, 0.29) is 0 Å². The Kier molecular flexibility index (Phi) is 3.53. The molecule has 1 atom stereocenters. The standard InChI is InChI=1S/C15H21N5/c1-10(2)20-8-4-5-13(20)15-18-11(3)9-12(19-15)14-16-6-7-17-14/h6-7,9-10,13H,4-5,8H2,1-3H3,(H,16,17). The SMILES string of the molecule is Cc1cc(-c2ncc[nH]2)nc(C2CCCN2C(C)C)n1. The number of rotatable bonds is 3. The molecular weight excluding hydrogens is 250 g/mol. The van der Waals surface area contributed by atoms with Crippen molar-refractivity contribution in [3.63, 3.8) is 0 Å². The number of imidazole rings is 1. The first-order chi connectivity index (χ1) is 9.65. The van der Waals surface area contributed by atoms with Crippen LogP contribution in [0.4, 0.5) is 0 Å². The summed E-state index contributed by atoms with van der Waals surface area (Å²) >= 11 is 0. The lowest BCUT2D eigenvalue weighted by molar-refractivity contribution is 0.198. The van der Waals surface area contributed by atoms with Crippen LogP contribution in [-0.2, 0) is 0 Å². The second-order valence-electron chi connectivity index (χ2n) is 5.68. The van der Waals surface area contributed by atoms with Crippen molar-refractivity contribution >= 4 is 0 Å². The van der Waals surface area contributed by atoms with Crippen LogP contribution in [0.5, 0.6) is 0 Å². The molecule has 2 aromatic heterocycles. The second kappa shape index (κ2) is 5.32. The molecule has 20 heavy (non-hydrogen) atoms. The van der Waals surface area contributed by atoms with Gasteiger partial charge < -0.3 is 4.98 Å². The van der Waals surface area contributed by atoms with Crippen LogP contribution in [0.3, 0.4) is 0 Å². The van der Waals surface area contributed by atoms with Gasteiger partial charge in [-0.15, -0.1) is 0 Å². The summed E-state index contributed by atoms with van der Waals surface area (Å²) in [6, 6.07) is 2.85. The van der Waals surface area contributed by atoms with E-state index in [1.807, 2.05) is 19.2 Å².